The van der Waals surface area contributed by atoms with Gasteiger partial charge in [0.1, 0.15) is 0 Å². The Kier molecular flexibility index (Phi) is 7.68. The summed E-state index contributed by atoms with van der Waals surface area (Å²) in [4.78, 5) is 26.8. The van der Waals surface area contributed by atoms with E-state index in [1.54, 1.807) is 24.2 Å². The van der Waals surface area contributed by atoms with Crippen LogP contribution in [0.2, 0.25) is 0 Å². The van der Waals surface area contributed by atoms with Crippen molar-refractivity contribution >= 4 is 23.6 Å². The van der Waals surface area contributed by atoms with Crippen molar-refractivity contribution in [2.75, 3.05) is 44.2 Å². The predicted octanol–water partition coefficient (Wildman–Crippen LogP) is 2.92. The van der Waals surface area contributed by atoms with Crippen LogP contribution in [0.1, 0.15) is 30.6 Å². The van der Waals surface area contributed by atoms with Crippen LogP contribution in [0.5, 0.6) is 0 Å². The van der Waals surface area contributed by atoms with Crippen LogP contribution in [0.15, 0.2) is 47.6 Å². The summed E-state index contributed by atoms with van der Waals surface area (Å²) in [6.07, 6.45) is 4.52. The summed E-state index contributed by atoms with van der Waals surface area (Å²) in [5.74, 6) is 0.819. The monoisotopic (exact) mass is 399 g/mol. The summed E-state index contributed by atoms with van der Waals surface area (Å²) in [5, 5.41) is 3.57. The molecule has 150 valence electrons. The third kappa shape index (κ3) is 6.21. The summed E-state index contributed by atoms with van der Waals surface area (Å²) in [7, 11) is 0. The highest BCUT2D eigenvalue weighted by molar-refractivity contribution is 7.99. The molecule has 1 saturated heterocycles. The lowest BCUT2D eigenvalue weighted by atomic mass is 10.2. The molecule has 0 saturated carbocycles. The zero-order valence-electron chi connectivity index (χ0n) is 16.7. The fourth-order valence-corrected chi connectivity index (χ4v) is 4.03. The number of nitrogens with zero attached hydrogens (tertiary/aromatic N) is 4. The number of thioether (sulfide) groups is 1. The Hall–Kier alpha value is -2.12. The maximum Gasteiger partial charge on any atom is 0.251 e. The van der Waals surface area contributed by atoms with Gasteiger partial charge in [-0.3, -0.25) is 9.69 Å². The Bertz CT molecular complexity index is 730. The number of aromatic nitrogens is 2. The van der Waals surface area contributed by atoms with Gasteiger partial charge in [-0.1, -0.05) is 13.8 Å². The number of nitrogens with one attached hydrogen (secondary N) is 1. The van der Waals surface area contributed by atoms with Crippen LogP contribution in [-0.2, 0) is 0 Å². The Morgan fingerprint density at radius 3 is 2.43 bits per heavy atom. The molecule has 3 rings (SSSR count). The highest BCUT2D eigenvalue weighted by Crippen LogP contribution is 2.22. The van der Waals surface area contributed by atoms with Crippen LogP contribution >= 0.6 is 11.8 Å². The molecule has 1 aromatic carbocycles. The molecule has 2 aromatic rings. The van der Waals surface area contributed by atoms with Crippen molar-refractivity contribution in [1.29, 1.82) is 0 Å². The van der Waals surface area contributed by atoms with Gasteiger partial charge in [-0.2, -0.15) is 0 Å². The van der Waals surface area contributed by atoms with Gasteiger partial charge < -0.3 is 10.2 Å². The second-order valence-corrected chi connectivity index (χ2v) is 8.83. The molecule has 7 heteroatoms. The lowest BCUT2D eigenvalue weighted by molar-refractivity contribution is 0.0951. The van der Waals surface area contributed by atoms with Crippen LogP contribution in [0, 0.1) is 0 Å². The molecule has 0 aliphatic carbocycles. The molecule has 0 spiro atoms. The van der Waals surface area contributed by atoms with Crippen molar-refractivity contribution in [2.24, 2.45) is 0 Å². The average Bonchev–Trinajstić information content (AvgIpc) is 2.72. The molecule has 1 N–H and O–H groups in total. The van der Waals surface area contributed by atoms with Gasteiger partial charge in [0.05, 0.1) is 0 Å². The maximum atomic E-state index is 12.3. The normalized spacial score (nSPS) is 15.0. The lowest BCUT2D eigenvalue weighted by Gasteiger charge is -2.34. The van der Waals surface area contributed by atoms with E-state index in [0.717, 1.165) is 50.7 Å². The first-order valence-electron chi connectivity index (χ1n) is 9.91. The smallest absolute Gasteiger partial charge is 0.251 e. The van der Waals surface area contributed by atoms with Crippen LogP contribution in [0.3, 0.4) is 0 Å². The van der Waals surface area contributed by atoms with E-state index in [2.05, 4.69) is 38.9 Å². The number of rotatable bonds is 8. The lowest BCUT2D eigenvalue weighted by Crippen LogP contribution is -2.47. The van der Waals surface area contributed by atoms with E-state index in [9.17, 15) is 4.79 Å². The Morgan fingerprint density at radius 2 is 1.79 bits per heavy atom. The van der Waals surface area contributed by atoms with Gasteiger partial charge in [-0.05, 0) is 43.3 Å². The molecule has 1 fully saturated rings. The van der Waals surface area contributed by atoms with Crippen molar-refractivity contribution in [1.82, 2.24) is 20.2 Å². The Balaban J connectivity index is 1.33. The molecule has 1 aliphatic heterocycles. The largest absolute Gasteiger partial charge is 0.352 e. The minimum Gasteiger partial charge on any atom is -0.352 e. The summed E-state index contributed by atoms with van der Waals surface area (Å²) in [6, 6.07) is 9.70. The van der Waals surface area contributed by atoms with Gasteiger partial charge in [0.15, 0.2) is 0 Å². The van der Waals surface area contributed by atoms with Gasteiger partial charge in [0.2, 0.25) is 5.95 Å². The van der Waals surface area contributed by atoms with Crippen LogP contribution in [0.25, 0.3) is 0 Å². The molecule has 2 heterocycles. The Morgan fingerprint density at radius 1 is 1.11 bits per heavy atom. The molecule has 1 amide bonds. The summed E-state index contributed by atoms with van der Waals surface area (Å²) in [6.45, 7) is 9.91. The highest BCUT2D eigenvalue weighted by Gasteiger charge is 2.18. The minimum absolute atomic E-state index is 0.00661. The topological polar surface area (TPSA) is 61.4 Å². The summed E-state index contributed by atoms with van der Waals surface area (Å²) in [5.41, 5.74) is 0.726. The summed E-state index contributed by atoms with van der Waals surface area (Å²) >= 11 is 1.81. The van der Waals surface area contributed by atoms with Crippen LogP contribution in [-0.4, -0.2) is 65.3 Å². The predicted molar refractivity (Wildman–Crippen MR) is 115 cm³/mol. The standard InChI is InChI=1S/C21H29N5OS/c1-17(2)28-19-7-5-18(6-8-19)20(27)22-11-4-12-25-13-15-26(16-14-25)21-23-9-3-10-24-21/h3,5-10,17H,4,11-16H2,1-2H3,(H,22,27). The quantitative estimate of drug-likeness (QED) is 0.544. The van der Waals surface area contributed by atoms with Crippen molar-refractivity contribution in [3.63, 3.8) is 0 Å². The molecule has 0 atom stereocenters. The molecular weight excluding hydrogens is 370 g/mol. The second kappa shape index (κ2) is 10.4. The molecule has 1 aromatic heterocycles. The van der Waals surface area contributed by atoms with E-state index >= 15 is 0 Å². The molecule has 1 aliphatic rings. The zero-order chi connectivity index (χ0) is 19.8. The minimum atomic E-state index is 0.00661. The molecule has 28 heavy (non-hydrogen) atoms. The first-order valence-corrected chi connectivity index (χ1v) is 10.8. The van der Waals surface area contributed by atoms with Crippen molar-refractivity contribution < 1.29 is 4.79 Å². The number of piperazine rings is 1. The van der Waals surface area contributed by atoms with E-state index in [1.165, 1.54) is 4.90 Å². The van der Waals surface area contributed by atoms with E-state index in [1.807, 2.05) is 30.3 Å². The van der Waals surface area contributed by atoms with Gasteiger partial charge in [0.25, 0.3) is 5.91 Å². The SMILES string of the molecule is CC(C)Sc1ccc(C(=O)NCCCN2CCN(c3ncccn3)CC2)cc1. The zero-order valence-corrected chi connectivity index (χ0v) is 17.5. The molecule has 0 unspecified atom stereocenters. The maximum absolute atomic E-state index is 12.3. The molecule has 0 bridgehead atoms. The van der Waals surface area contributed by atoms with Crippen LogP contribution < -0.4 is 10.2 Å². The van der Waals surface area contributed by atoms with E-state index < -0.39 is 0 Å². The van der Waals surface area contributed by atoms with E-state index in [-0.39, 0.29) is 5.91 Å². The number of carbonyl (C=O) groups is 1. The fourth-order valence-electron chi connectivity index (χ4n) is 3.19. The van der Waals surface area contributed by atoms with Gasteiger partial charge in [0, 0.05) is 60.8 Å². The summed E-state index contributed by atoms with van der Waals surface area (Å²) < 4.78 is 0. The van der Waals surface area contributed by atoms with Gasteiger partial charge in [-0.15, -0.1) is 11.8 Å². The second-order valence-electron chi connectivity index (χ2n) is 7.18. The number of amides is 1. The average molecular weight is 400 g/mol. The highest BCUT2D eigenvalue weighted by atomic mass is 32.2. The number of anilines is 1. The molecule has 0 radical (unpaired) electrons. The number of hydrogen-bond donors (Lipinski definition) is 1. The van der Waals surface area contributed by atoms with Gasteiger partial charge in [-0.25, -0.2) is 9.97 Å². The van der Waals surface area contributed by atoms with E-state index in [0.29, 0.717) is 11.8 Å². The Labute approximate surface area is 171 Å². The number of benzene rings is 1. The van der Waals surface area contributed by atoms with Crippen LogP contribution in [0.4, 0.5) is 5.95 Å². The van der Waals surface area contributed by atoms with Crippen molar-refractivity contribution in [2.45, 2.75) is 30.4 Å². The fraction of sp³-hybridized carbons (Fsp3) is 0.476. The first-order chi connectivity index (χ1) is 13.6. The van der Waals surface area contributed by atoms with Crippen molar-refractivity contribution in [3.8, 4) is 0 Å². The number of carbonyl (C=O) groups excluding carboxylic acids is 1. The molecule has 6 nitrogen and oxygen atoms in total. The van der Waals surface area contributed by atoms with E-state index in [4.69, 9.17) is 0 Å². The van der Waals surface area contributed by atoms with Gasteiger partial charge >= 0.3 is 0 Å². The number of hydrogen-bond acceptors (Lipinski definition) is 6. The third-order valence-electron chi connectivity index (χ3n) is 4.63. The first kappa shape index (κ1) is 20.6. The van der Waals surface area contributed by atoms with Crippen molar-refractivity contribution in [3.05, 3.63) is 48.3 Å². The third-order valence-corrected chi connectivity index (χ3v) is 5.65. The molecular formula is C21H29N5OS.